The van der Waals surface area contributed by atoms with Gasteiger partial charge >= 0.3 is 5.97 Å². The minimum Gasteiger partial charge on any atom is -0.478 e. The molecule has 2 rings (SSSR count). The number of carboxylic acid groups (broad SMARTS) is 1. The first-order valence-electron chi connectivity index (χ1n) is 7.19. The van der Waals surface area contributed by atoms with Crippen LogP contribution in [0.5, 0.6) is 0 Å². The second-order valence-corrected chi connectivity index (χ2v) is 5.52. The van der Waals surface area contributed by atoms with E-state index in [0.29, 0.717) is 17.7 Å². The fourth-order valence-corrected chi connectivity index (χ4v) is 2.60. The molecule has 5 nitrogen and oxygen atoms in total. The lowest BCUT2D eigenvalue weighted by atomic mass is 9.67. The molecule has 1 aliphatic rings. The average Bonchev–Trinajstić information content (AvgIpc) is 2.44. The van der Waals surface area contributed by atoms with Crippen molar-refractivity contribution in [1.29, 1.82) is 0 Å². The van der Waals surface area contributed by atoms with Gasteiger partial charge in [-0.15, -0.1) is 0 Å². The third kappa shape index (κ3) is 3.68. The number of nitrogens with one attached hydrogen (secondary N) is 1. The number of pyridine rings is 1. The quantitative estimate of drug-likeness (QED) is 0.788. The van der Waals surface area contributed by atoms with Crippen LogP contribution >= 0.6 is 0 Å². The van der Waals surface area contributed by atoms with E-state index in [2.05, 4.69) is 17.2 Å². The zero-order valence-electron chi connectivity index (χ0n) is 12.1. The summed E-state index contributed by atoms with van der Waals surface area (Å²) in [5.74, 6) is -1.23. The molecule has 1 aromatic heterocycles. The minimum absolute atomic E-state index is 0.179. The first-order chi connectivity index (χ1) is 10.1. The van der Waals surface area contributed by atoms with E-state index in [1.165, 1.54) is 24.9 Å². The highest BCUT2D eigenvalue weighted by Crippen LogP contribution is 2.43. The minimum atomic E-state index is -1.05. The lowest BCUT2D eigenvalue weighted by Gasteiger charge is -2.41. The number of hydrogen-bond acceptors (Lipinski definition) is 3. The summed E-state index contributed by atoms with van der Waals surface area (Å²) in [6.07, 6.45) is 10.0. The third-order valence-corrected chi connectivity index (χ3v) is 4.29. The van der Waals surface area contributed by atoms with Crippen molar-refractivity contribution in [3.63, 3.8) is 0 Å². The van der Waals surface area contributed by atoms with Crippen molar-refractivity contribution in [3.05, 3.63) is 35.7 Å². The van der Waals surface area contributed by atoms with Crippen molar-refractivity contribution < 1.29 is 14.7 Å². The van der Waals surface area contributed by atoms with Gasteiger partial charge in [0, 0.05) is 36.1 Å². The molecule has 0 spiro atoms. The number of hydrogen-bond donors (Lipinski definition) is 2. The van der Waals surface area contributed by atoms with Crippen LogP contribution in [0.25, 0.3) is 6.08 Å². The van der Waals surface area contributed by atoms with Gasteiger partial charge < -0.3 is 10.4 Å². The number of aromatic nitrogens is 1. The predicted octanol–water partition coefficient (Wildman–Crippen LogP) is 2.49. The van der Waals surface area contributed by atoms with Gasteiger partial charge in [0.05, 0.1) is 0 Å². The Labute approximate surface area is 124 Å². The number of carboxylic acids is 1. The van der Waals surface area contributed by atoms with E-state index in [9.17, 15) is 9.59 Å². The number of aliphatic carboxylic acids is 1. The smallest absolute Gasteiger partial charge is 0.328 e. The first kappa shape index (κ1) is 15.2. The summed E-state index contributed by atoms with van der Waals surface area (Å²) in [5.41, 5.74) is 1.21. The number of nitrogens with zero attached hydrogens (tertiary/aromatic N) is 1. The molecule has 21 heavy (non-hydrogen) atoms. The lowest BCUT2D eigenvalue weighted by molar-refractivity contribution is -0.131. The fraction of sp³-hybridized carbons (Fsp3) is 0.438. The summed E-state index contributed by atoms with van der Waals surface area (Å²) in [5, 5.41) is 11.7. The van der Waals surface area contributed by atoms with Gasteiger partial charge in [-0.1, -0.05) is 13.3 Å². The molecule has 1 heterocycles. The second-order valence-electron chi connectivity index (χ2n) is 5.52. The number of amides is 1. The maximum absolute atomic E-state index is 12.3. The van der Waals surface area contributed by atoms with Crippen LogP contribution in [-0.4, -0.2) is 28.5 Å². The Bertz CT molecular complexity index is 557. The average molecular weight is 288 g/mol. The SMILES string of the molecule is CCC1(CNC(=O)c2ccncc2/C=C/C(=O)O)CCC1. The van der Waals surface area contributed by atoms with E-state index in [0.717, 1.165) is 25.3 Å². The van der Waals surface area contributed by atoms with E-state index in [-0.39, 0.29) is 11.3 Å². The molecule has 0 saturated heterocycles. The molecule has 0 atom stereocenters. The summed E-state index contributed by atoms with van der Waals surface area (Å²) >= 11 is 0. The Morgan fingerprint density at radius 1 is 1.48 bits per heavy atom. The Kier molecular flexibility index (Phi) is 4.73. The van der Waals surface area contributed by atoms with Crippen molar-refractivity contribution in [3.8, 4) is 0 Å². The van der Waals surface area contributed by atoms with Crippen LogP contribution in [0.15, 0.2) is 24.5 Å². The Hall–Kier alpha value is -2.17. The monoisotopic (exact) mass is 288 g/mol. The Morgan fingerprint density at radius 3 is 2.81 bits per heavy atom. The van der Waals surface area contributed by atoms with Crippen LogP contribution in [-0.2, 0) is 4.79 Å². The Morgan fingerprint density at radius 2 is 2.24 bits per heavy atom. The Balaban J connectivity index is 2.07. The van der Waals surface area contributed by atoms with Gasteiger partial charge in [-0.05, 0) is 36.8 Å². The predicted molar refractivity (Wildman–Crippen MR) is 79.8 cm³/mol. The van der Waals surface area contributed by atoms with Crippen molar-refractivity contribution in [2.45, 2.75) is 32.6 Å². The molecule has 0 radical (unpaired) electrons. The lowest BCUT2D eigenvalue weighted by Crippen LogP contribution is -2.41. The van der Waals surface area contributed by atoms with Gasteiger partial charge in [-0.2, -0.15) is 0 Å². The van der Waals surface area contributed by atoms with Gasteiger partial charge in [0.1, 0.15) is 0 Å². The molecule has 1 saturated carbocycles. The fourth-order valence-electron chi connectivity index (χ4n) is 2.60. The summed E-state index contributed by atoms with van der Waals surface area (Å²) in [7, 11) is 0. The molecule has 5 heteroatoms. The highest BCUT2D eigenvalue weighted by molar-refractivity contribution is 5.98. The zero-order chi connectivity index (χ0) is 15.3. The number of carbonyl (C=O) groups excluding carboxylic acids is 1. The molecule has 0 aliphatic heterocycles. The molecular weight excluding hydrogens is 268 g/mol. The summed E-state index contributed by atoms with van der Waals surface area (Å²) in [4.78, 5) is 26.8. The zero-order valence-corrected chi connectivity index (χ0v) is 12.1. The number of rotatable bonds is 6. The van der Waals surface area contributed by atoms with Gasteiger partial charge in [0.2, 0.25) is 0 Å². The van der Waals surface area contributed by atoms with Crippen molar-refractivity contribution >= 4 is 18.0 Å². The largest absolute Gasteiger partial charge is 0.478 e. The van der Waals surface area contributed by atoms with E-state index < -0.39 is 5.97 Å². The molecule has 0 bridgehead atoms. The highest BCUT2D eigenvalue weighted by atomic mass is 16.4. The molecule has 1 aliphatic carbocycles. The molecule has 112 valence electrons. The maximum Gasteiger partial charge on any atom is 0.328 e. The van der Waals surface area contributed by atoms with Crippen LogP contribution in [0.4, 0.5) is 0 Å². The third-order valence-electron chi connectivity index (χ3n) is 4.29. The van der Waals surface area contributed by atoms with Gasteiger partial charge in [0.25, 0.3) is 5.91 Å². The molecule has 1 fully saturated rings. The molecule has 0 aromatic carbocycles. The van der Waals surface area contributed by atoms with Crippen LogP contribution in [0.3, 0.4) is 0 Å². The van der Waals surface area contributed by atoms with E-state index in [1.807, 2.05) is 0 Å². The topological polar surface area (TPSA) is 79.3 Å². The maximum atomic E-state index is 12.3. The number of carbonyl (C=O) groups is 2. The van der Waals surface area contributed by atoms with E-state index >= 15 is 0 Å². The van der Waals surface area contributed by atoms with Crippen LogP contribution < -0.4 is 5.32 Å². The summed E-state index contributed by atoms with van der Waals surface area (Å²) in [6, 6.07) is 1.61. The van der Waals surface area contributed by atoms with Gasteiger partial charge in [-0.25, -0.2) is 4.79 Å². The second kappa shape index (κ2) is 6.52. The molecule has 2 N–H and O–H groups in total. The molecule has 1 amide bonds. The summed E-state index contributed by atoms with van der Waals surface area (Å²) < 4.78 is 0. The van der Waals surface area contributed by atoms with Crippen molar-refractivity contribution in [1.82, 2.24) is 10.3 Å². The highest BCUT2D eigenvalue weighted by Gasteiger charge is 2.35. The molecule has 0 unspecified atom stereocenters. The molecular formula is C16H20N2O3. The molecule has 1 aromatic rings. The van der Waals surface area contributed by atoms with Crippen molar-refractivity contribution in [2.75, 3.05) is 6.54 Å². The van der Waals surface area contributed by atoms with Gasteiger partial charge in [-0.3, -0.25) is 9.78 Å². The summed E-state index contributed by atoms with van der Waals surface area (Å²) in [6.45, 7) is 2.82. The van der Waals surface area contributed by atoms with E-state index in [4.69, 9.17) is 5.11 Å². The van der Waals surface area contributed by atoms with Crippen LogP contribution in [0.1, 0.15) is 48.5 Å². The van der Waals surface area contributed by atoms with Crippen molar-refractivity contribution in [2.24, 2.45) is 5.41 Å². The standard InChI is InChI=1S/C16H20N2O3/c1-2-16(7-3-8-16)11-18-15(21)13-6-9-17-10-12(13)4-5-14(19)20/h4-6,9-10H,2-3,7-8,11H2,1H3,(H,18,21)(H,19,20)/b5-4+. The normalized spacial score (nSPS) is 16.4. The van der Waals surface area contributed by atoms with Crippen LogP contribution in [0.2, 0.25) is 0 Å². The first-order valence-corrected chi connectivity index (χ1v) is 7.19. The van der Waals surface area contributed by atoms with Gasteiger partial charge in [0.15, 0.2) is 0 Å². The van der Waals surface area contributed by atoms with E-state index in [1.54, 1.807) is 6.07 Å². The van der Waals surface area contributed by atoms with Crippen LogP contribution in [0, 0.1) is 5.41 Å².